The van der Waals surface area contributed by atoms with E-state index < -0.39 is 0 Å². The molecule has 0 aliphatic rings. The molecule has 0 bridgehead atoms. The van der Waals surface area contributed by atoms with Gasteiger partial charge in [-0.05, 0) is 35.6 Å². The predicted molar refractivity (Wildman–Crippen MR) is 161 cm³/mol. The Morgan fingerprint density at radius 2 is 1.88 bits per heavy atom. The summed E-state index contributed by atoms with van der Waals surface area (Å²) in [6.45, 7) is 9.93. The average molecular weight is 542 g/mol. The molecule has 210 valence electrons. The monoisotopic (exact) mass is 541 g/mol. The van der Waals surface area contributed by atoms with Crippen LogP contribution in [0.4, 0.5) is 11.6 Å². The minimum absolute atomic E-state index is 0.112. The van der Waals surface area contributed by atoms with Gasteiger partial charge in [0, 0.05) is 68.6 Å². The number of fused-ring (bicyclic) bond motifs is 1. The molecule has 2 atom stereocenters. The van der Waals surface area contributed by atoms with E-state index >= 15 is 0 Å². The van der Waals surface area contributed by atoms with Crippen molar-refractivity contribution < 1.29 is 9.90 Å². The number of hydrogen-bond acceptors (Lipinski definition) is 8. The molecule has 9 heteroatoms. The van der Waals surface area contributed by atoms with Gasteiger partial charge in [0.25, 0.3) is 5.91 Å². The second kappa shape index (κ2) is 12.4. The highest BCUT2D eigenvalue weighted by atomic mass is 16.3. The minimum Gasteiger partial charge on any atom is -0.396 e. The van der Waals surface area contributed by atoms with Gasteiger partial charge in [0.15, 0.2) is 0 Å². The molecule has 0 aliphatic carbocycles. The molecular weight excluding hydrogens is 502 g/mol. The maximum absolute atomic E-state index is 12.4. The first kappa shape index (κ1) is 28.9. The van der Waals surface area contributed by atoms with E-state index in [0.717, 1.165) is 39.4 Å². The van der Waals surface area contributed by atoms with Crippen molar-refractivity contribution in [3.05, 3.63) is 72.3 Å². The molecule has 1 aromatic carbocycles. The Hall–Kier alpha value is -4.11. The van der Waals surface area contributed by atoms with Crippen LogP contribution < -0.4 is 15.5 Å². The predicted octanol–water partition coefficient (Wildman–Crippen LogP) is 4.75. The highest BCUT2D eigenvalue weighted by molar-refractivity contribution is 6.06. The Morgan fingerprint density at radius 1 is 1.07 bits per heavy atom. The van der Waals surface area contributed by atoms with Crippen LogP contribution in [0.2, 0.25) is 0 Å². The molecule has 0 saturated carbocycles. The molecule has 3 aromatic heterocycles. The summed E-state index contributed by atoms with van der Waals surface area (Å²) < 4.78 is 0. The lowest BCUT2D eigenvalue weighted by Crippen LogP contribution is -2.34. The van der Waals surface area contributed by atoms with Crippen molar-refractivity contribution in [1.29, 1.82) is 0 Å². The number of amides is 1. The second-order valence-corrected chi connectivity index (χ2v) is 11.2. The van der Waals surface area contributed by atoms with Gasteiger partial charge in [-0.3, -0.25) is 9.78 Å². The summed E-state index contributed by atoms with van der Waals surface area (Å²) in [4.78, 5) is 32.5. The number of benzene rings is 1. The molecule has 3 N–H and O–H groups in total. The number of para-hydroxylation sites is 1. The molecule has 1 amide bonds. The highest BCUT2D eigenvalue weighted by Gasteiger charge is 2.21. The normalized spacial score (nSPS) is 13.1. The summed E-state index contributed by atoms with van der Waals surface area (Å²) in [5.74, 6) is 1.91. The van der Waals surface area contributed by atoms with Gasteiger partial charge in [0.1, 0.15) is 18.0 Å². The van der Waals surface area contributed by atoms with Crippen molar-refractivity contribution >= 4 is 28.4 Å². The van der Waals surface area contributed by atoms with Crippen LogP contribution in [-0.4, -0.2) is 64.7 Å². The molecule has 1 unspecified atom stereocenters. The fourth-order valence-electron chi connectivity index (χ4n) is 4.80. The molecule has 9 nitrogen and oxygen atoms in total. The van der Waals surface area contributed by atoms with Crippen LogP contribution in [0.5, 0.6) is 0 Å². The van der Waals surface area contributed by atoms with Crippen LogP contribution in [0.1, 0.15) is 49.5 Å². The summed E-state index contributed by atoms with van der Waals surface area (Å²) >= 11 is 0. The molecule has 4 rings (SSSR count). The fraction of sp³-hybridized carbons (Fsp3) is 0.387. The average Bonchev–Trinajstić information content (AvgIpc) is 2.98. The van der Waals surface area contributed by atoms with Gasteiger partial charge >= 0.3 is 0 Å². The number of aromatic nitrogens is 4. The van der Waals surface area contributed by atoms with E-state index in [2.05, 4.69) is 50.5 Å². The molecule has 0 saturated heterocycles. The molecule has 0 spiro atoms. The Bertz CT molecular complexity index is 1460. The van der Waals surface area contributed by atoms with E-state index in [-0.39, 0.29) is 29.8 Å². The first-order valence-corrected chi connectivity index (χ1v) is 13.6. The molecule has 40 heavy (non-hydrogen) atoms. The maximum atomic E-state index is 12.4. The number of hydrogen-bond donors (Lipinski definition) is 3. The van der Waals surface area contributed by atoms with Crippen molar-refractivity contribution in [2.45, 2.75) is 33.6 Å². The standard InChI is InChI=1S/C31H39N7O2/c1-20(21(2)23-8-7-9-24-25(30(40)32-5)12-13-33-29(23)24)15-34-27-14-26(36-19-37-27)22-10-11-28(35-16-22)38(6)17-31(3,4)18-39/h7-14,16,19-21,39H,15,17-18H2,1-6H3,(H,32,40)(H,34,36,37)/t20?,21-/m1/s1. The number of aliphatic hydroxyl groups excluding tert-OH is 1. The van der Waals surface area contributed by atoms with Gasteiger partial charge in [0.05, 0.1) is 16.8 Å². The first-order valence-electron chi connectivity index (χ1n) is 13.6. The number of anilines is 2. The molecule has 0 fully saturated rings. The SMILES string of the molecule is CNC(=O)c1ccnc2c([C@H](C)C(C)CNc3cc(-c4ccc(N(C)CC(C)(C)CO)nc4)ncn3)cccc12. The first-order chi connectivity index (χ1) is 19.1. The van der Waals surface area contributed by atoms with Gasteiger partial charge in [-0.1, -0.05) is 45.9 Å². The quantitative estimate of drug-likeness (QED) is 0.249. The van der Waals surface area contributed by atoms with E-state index in [1.54, 1.807) is 25.6 Å². The number of pyridine rings is 2. The smallest absolute Gasteiger partial charge is 0.251 e. The summed E-state index contributed by atoms with van der Waals surface area (Å²) in [5, 5.41) is 16.6. The number of carbonyl (C=O) groups excluding carboxylic acids is 1. The molecule has 4 aromatic rings. The molecule has 0 aliphatic heterocycles. The van der Waals surface area contributed by atoms with Crippen LogP contribution in [0, 0.1) is 11.3 Å². The Kier molecular flexibility index (Phi) is 8.94. The van der Waals surface area contributed by atoms with E-state index in [9.17, 15) is 9.90 Å². The minimum atomic E-state index is -0.213. The topological polar surface area (TPSA) is 116 Å². The Balaban J connectivity index is 1.44. The number of rotatable bonds is 11. The summed E-state index contributed by atoms with van der Waals surface area (Å²) in [7, 11) is 3.61. The van der Waals surface area contributed by atoms with Gasteiger partial charge in [0.2, 0.25) is 0 Å². The van der Waals surface area contributed by atoms with Gasteiger partial charge in [-0.2, -0.15) is 0 Å². The van der Waals surface area contributed by atoms with Gasteiger partial charge in [-0.25, -0.2) is 15.0 Å². The van der Waals surface area contributed by atoms with Crippen LogP contribution >= 0.6 is 0 Å². The van der Waals surface area contributed by atoms with Crippen molar-refractivity contribution in [3.8, 4) is 11.3 Å². The van der Waals surface area contributed by atoms with Crippen molar-refractivity contribution in [3.63, 3.8) is 0 Å². The van der Waals surface area contributed by atoms with Gasteiger partial charge < -0.3 is 20.6 Å². The number of nitrogens with one attached hydrogen (secondary N) is 2. The lowest BCUT2D eigenvalue weighted by Gasteiger charge is -2.29. The highest BCUT2D eigenvalue weighted by Crippen LogP contribution is 2.31. The molecular formula is C31H39N7O2. The number of carbonyl (C=O) groups is 1. The lowest BCUT2D eigenvalue weighted by molar-refractivity contribution is 0.0964. The molecule has 3 heterocycles. The summed E-state index contributed by atoms with van der Waals surface area (Å²) in [5.41, 5.74) is 4.07. The number of nitrogens with zero attached hydrogens (tertiary/aromatic N) is 5. The van der Waals surface area contributed by atoms with Crippen molar-refractivity contribution in [2.75, 3.05) is 44.0 Å². The third-order valence-corrected chi connectivity index (χ3v) is 7.42. The van der Waals surface area contributed by atoms with Crippen molar-refractivity contribution in [2.24, 2.45) is 11.3 Å². The van der Waals surface area contributed by atoms with E-state index in [4.69, 9.17) is 0 Å². The largest absolute Gasteiger partial charge is 0.396 e. The lowest BCUT2D eigenvalue weighted by atomic mass is 9.87. The Morgan fingerprint density at radius 3 is 2.58 bits per heavy atom. The van der Waals surface area contributed by atoms with Gasteiger partial charge in [-0.15, -0.1) is 0 Å². The van der Waals surface area contributed by atoms with Crippen LogP contribution in [0.25, 0.3) is 22.2 Å². The van der Waals surface area contributed by atoms with E-state index in [1.807, 2.05) is 62.3 Å². The maximum Gasteiger partial charge on any atom is 0.251 e. The Labute approximate surface area is 236 Å². The van der Waals surface area contributed by atoms with Crippen LogP contribution in [0.3, 0.4) is 0 Å². The number of aliphatic hydroxyl groups is 1. The molecule has 0 radical (unpaired) electrons. The second-order valence-electron chi connectivity index (χ2n) is 11.2. The third kappa shape index (κ3) is 6.54. The zero-order chi connectivity index (χ0) is 28.9. The third-order valence-electron chi connectivity index (χ3n) is 7.42. The summed E-state index contributed by atoms with van der Waals surface area (Å²) in [6.07, 6.45) is 5.07. The van der Waals surface area contributed by atoms with Crippen LogP contribution in [0.15, 0.2) is 61.2 Å². The summed E-state index contributed by atoms with van der Waals surface area (Å²) in [6, 6.07) is 13.7. The zero-order valence-corrected chi connectivity index (χ0v) is 24.1. The van der Waals surface area contributed by atoms with E-state index in [1.165, 1.54) is 0 Å². The van der Waals surface area contributed by atoms with Crippen LogP contribution in [-0.2, 0) is 0 Å². The van der Waals surface area contributed by atoms with Crippen molar-refractivity contribution in [1.82, 2.24) is 25.3 Å². The fourth-order valence-corrected chi connectivity index (χ4v) is 4.80. The van der Waals surface area contributed by atoms with E-state index in [0.29, 0.717) is 18.7 Å². The zero-order valence-electron chi connectivity index (χ0n) is 24.1.